The maximum atomic E-state index is 2.42. The van der Waals surface area contributed by atoms with E-state index in [1.807, 2.05) is 0 Å². The summed E-state index contributed by atoms with van der Waals surface area (Å²) in [5.74, 6) is 0. The van der Waals surface area contributed by atoms with Gasteiger partial charge in [-0.3, -0.25) is 0 Å². The van der Waals surface area contributed by atoms with Gasteiger partial charge in [0.05, 0.1) is 0 Å². The van der Waals surface area contributed by atoms with Gasteiger partial charge in [-0.1, -0.05) is 72.8 Å². The zero-order valence-electron chi connectivity index (χ0n) is 13.3. The van der Waals surface area contributed by atoms with Crippen LogP contribution in [0.3, 0.4) is 0 Å². The summed E-state index contributed by atoms with van der Waals surface area (Å²) in [6, 6.07) is 18.3. The van der Waals surface area contributed by atoms with Gasteiger partial charge in [0.25, 0.3) is 0 Å². The van der Waals surface area contributed by atoms with E-state index in [2.05, 4.69) is 72.8 Å². The summed E-state index contributed by atoms with van der Waals surface area (Å²) < 4.78 is 0. The van der Waals surface area contributed by atoms with Crippen LogP contribution in [0.2, 0.25) is 0 Å². The van der Waals surface area contributed by atoms with Crippen molar-refractivity contribution in [1.82, 2.24) is 0 Å². The Morgan fingerprint density at radius 2 is 1.12 bits per heavy atom. The molecule has 0 heteroatoms. The molecule has 0 fully saturated rings. The SMILES string of the molecule is C1=Cc2cccc3c2c(cc2cc4c5c(cccc5c23)C=CC4)C1. The second kappa shape index (κ2) is 4.36. The summed E-state index contributed by atoms with van der Waals surface area (Å²) >= 11 is 0. The molecular formula is C24H16. The second-order valence-corrected chi connectivity index (χ2v) is 6.92. The molecule has 0 heterocycles. The van der Waals surface area contributed by atoms with Crippen LogP contribution < -0.4 is 0 Å². The average molecular weight is 304 g/mol. The first kappa shape index (κ1) is 12.5. The van der Waals surface area contributed by atoms with Crippen molar-refractivity contribution in [3.63, 3.8) is 0 Å². The summed E-state index contributed by atoms with van der Waals surface area (Å²) in [7, 11) is 0. The normalized spacial score (nSPS) is 14.8. The molecule has 112 valence electrons. The smallest absolute Gasteiger partial charge is 0.00260 e. The fourth-order valence-corrected chi connectivity index (χ4v) is 4.66. The van der Waals surface area contributed by atoms with Crippen LogP contribution in [0.1, 0.15) is 22.3 Å². The van der Waals surface area contributed by atoms with Crippen molar-refractivity contribution in [2.24, 2.45) is 0 Å². The molecule has 6 rings (SSSR count). The first-order valence-corrected chi connectivity index (χ1v) is 8.66. The third-order valence-corrected chi connectivity index (χ3v) is 5.59. The summed E-state index contributed by atoms with van der Waals surface area (Å²) in [6.45, 7) is 0. The number of hydrogen-bond donors (Lipinski definition) is 0. The van der Waals surface area contributed by atoms with Gasteiger partial charge < -0.3 is 0 Å². The lowest BCUT2D eigenvalue weighted by Crippen LogP contribution is -1.97. The van der Waals surface area contributed by atoms with Crippen molar-refractivity contribution in [2.45, 2.75) is 12.8 Å². The van der Waals surface area contributed by atoms with Gasteiger partial charge in [-0.2, -0.15) is 0 Å². The maximum Gasteiger partial charge on any atom is -0.00260 e. The fraction of sp³-hybridized carbons (Fsp3) is 0.0833. The Bertz CT molecular complexity index is 1140. The van der Waals surface area contributed by atoms with E-state index >= 15 is 0 Å². The van der Waals surface area contributed by atoms with Gasteiger partial charge in [-0.25, -0.2) is 0 Å². The molecule has 24 heavy (non-hydrogen) atoms. The molecule has 2 aliphatic carbocycles. The minimum atomic E-state index is 1.04. The highest BCUT2D eigenvalue weighted by molar-refractivity contribution is 6.24. The zero-order valence-corrected chi connectivity index (χ0v) is 13.3. The van der Waals surface area contributed by atoms with Crippen molar-refractivity contribution in [1.29, 1.82) is 0 Å². The Morgan fingerprint density at radius 1 is 0.583 bits per heavy atom. The Balaban J connectivity index is 1.95. The Kier molecular flexibility index (Phi) is 2.28. The van der Waals surface area contributed by atoms with Gasteiger partial charge in [0.2, 0.25) is 0 Å². The molecule has 0 saturated heterocycles. The molecular weight excluding hydrogens is 288 g/mol. The van der Waals surface area contributed by atoms with E-state index in [0.29, 0.717) is 0 Å². The standard InChI is InChI=1S/C24H16/c1-5-15-7-3-11-20-22(15)17(9-1)13-19-14-18-10-2-6-16-8-4-12-21(23(16)18)24(19)20/h1-8,11-14H,9-10H2. The summed E-state index contributed by atoms with van der Waals surface area (Å²) in [5.41, 5.74) is 5.64. The second-order valence-electron chi connectivity index (χ2n) is 6.92. The zero-order chi connectivity index (χ0) is 15.7. The molecule has 0 aromatic heterocycles. The third kappa shape index (κ3) is 1.48. The Hall–Kier alpha value is -2.86. The predicted octanol–water partition coefficient (Wildman–Crippen LogP) is 6.28. The van der Waals surface area contributed by atoms with Crippen LogP contribution in [0.25, 0.3) is 44.5 Å². The van der Waals surface area contributed by atoms with E-state index in [1.54, 1.807) is 0 Å². The number of benzene rings is 4. The largest absolute Gasteiger partial charge is 0.0795 e. The molecule has 0 nitrogen and oxygen atoms in total. The van der Waals surface area contributed by atoms with Crippen LogP contribution in [-0.4, -0.2) is 0 Å². The fourth-order valence-electron chi connectivity index (χ4n) is 4.66. The lowest BCUT2D eigenvalue weighted by Gasteiger charge is -2.20. The van der Waals surface area contributed by atoms with E-state index in [-0.39, 0.29) is 0 Å². The lowest BCUT2D eigenvalue weighted by molar-refractivity contribution is 1.29. The summed E-state index contributed by atoms with van der Waals surface area (Å²) in [6.07, 6.45) is 11.2. The molecule has 2 aliphatic rings. The predicted molar refractivity (Wildman–Crippen MR) is 104 cm³/mol. The molecule has 4 aromatic rings. The molecule has 0 spiro atoms. The van der Waals surface area contributed by atoms with Crippen LogP contribution in [0, 0.1) is 0 Å². The minimum Gasteiger partial charge on any atom is -0.0795 e. The molecule has 0 atom stereocenters. The van der Waals surface area contributed by atoms with Gasteiger partial charge >= 0.3 is 0 Å². The van der Waals surface area contributed by atoms with Crippen LogP contribution in [-0.2, 0) is 12.8 Å². The Morgan fingerprint density at radius 3 is 1.67 bits per heavy atom. The molecule has 0 radical (unpaired) electrons. The molecule has 0 N–H and O–H groups in total. The molecule has 0 unspecified atom stereocenters. The maximum absolute atomic E-state index is 2.42. The van der Waals surface area contributed by atoms with Crippen LogP contribution in [0.15, 0.2) is 60.7 Å². The quantitative estimate of drug-likeness (QED) is 0.335. The Labute approximate surface area is 140 Å². The van der Waals surface area contributed by atoms with Gasteiger partial charge in [-0.05, 0) is 67.4 Å². The molecule has 0 amide bonds. The summed E-state index contributed by atoms with van der Waals surface area (Å²) in [5, 5.41) is 8.51. The number of allylic oxidation sites excluding steroid dienone is 2. The first-order chi connectivity index (χ1) is 11.9. The first-order valence-electron chi connectivity index (χ1n) is 8.66. The third-order valence-electron chi connectivity index (χ3n) is 5.59. The van der Waals surface area contributed by atoms with Gasteiger partial charge in [0.1, 0.15) is 0 Å². The lowest BCUT2D eigenvalue weighted by atomic mass is 9.84. The molecule has 0 aliphatic heterocycles. The highest BCUT2D eigenvalue weighted by Crippen LogP contribution is 2.41. The topological polar surface area (TPSA) is 0 Å². The number of rotatable bonds is 0. The van der Waals surface area contributed by atoms with Gasteiger partial charge in [-0.15, -0.1) is 0 Å². The average Bonchev–Trinajstić information content (AvgIpc) is 2.62. The minimum absolute atomic E-state index is 1.04. The number of hydrogen-bond acceptors (Lipinski definition) is 0. The molecule has 4 aromatic carbocycles. The van der Waals surface area contributed by atoms with E-state index in [9.17, 15) is 0 Å². The van der Waals surface area contributed by atoms with Crippen molar-refractivity contribution >= 4 is 44.5 Å². The van der Waals surface area contributed by atoms with Crippen molar-refractivity contribution in [3.05, 3.63) is 82.9 Å². The molecule has 0 bridgehead atoms. The van der Waals surface area contributed by atoms with Crippen molar-refractivity contribution < 1.29 is 0 Å². The van der Waals surface area contributed by atoms with E-state index in [1.165, 1.54) is 54.6 Å². The van der Waals surface area contributed by atoms with E-state index in [0.717, 1.165) is 12.8 Å². The van der Waals surface area contributed by atoms with Crippen molar-refractivity contribution in [2.75, 3.05) is 0 Å². The van der Waals surface area contributed by atoms with Crippen LogP contribution >= 0.6 is 0 Å². The van der Waals surface area contributed by atoms with Gasteiger partial charge in [0.15, 0.2) is 0 Å². The van der Waals surface area contributed by atoms with Gasteiger partial charge in [0, 0.05) is 0 Å². The van der Waals surface area contributed by atoms with E-state index in [4.69, 9.17) is 0 Å². The monoisotopic (exact) mass is 304 g/mol. The van der Waals surface area contributed by atoms with Crippen LogP contribution in [0.5, 0.6) is 0 Å². The van der Waals surface area contributed by atoms with E-state index < -0.39 is 0 Å². The number of fused-ring (bicyclic) bond motifs is 3. The summed E-state index contributed by atoms with van der Waals surface area (Å²) in [4.78, 5) is 0. The highest BCUT2D eigenvalue weighted by atomic mass is 14.2. The van der Waals surface area contributed by atoms with Crippen LogP contribution in [0.4, 0.5) is 0 Å². The molecule has 0 saturated carbocycles. The van der Waals surface area contributed by atoms with Crippen molar-refractivity contribution in [3.8, 4) is 0 Å². The highest BCUT2D eigenvalue weighted by Gasteiger charge is 2.17.